The van der Waals surface area contributed by atoms with Crippen molar-refractivity contribution in [1.29, 1.82) is 0 Å². The second kappa shape index (κ2) is 5.15. The molecule has 1 aromatic rings. The minimum Gasteiger partial charge on any atom is -0.493 e. The average molecular weight is 243 g/mol. The molecule has 0 spiro atoms. The molecule has 18 heavy (non-hydrogen) atoms. The predicted molar refractivity (Wildman–Crippen MR) is 73.9 cm³/mol. The van der Waals surface area contributed by atoms with E-state index in [0.29, 0.717) is 6.04 Å². The lowest BCUT2D eigenvalue weighted by molar-refractivity contribution is 0.357. The van der Waals surface area contributed by atoms with Gasteiger partial charge >= 0.3 is 0 Å². The fraction of sp³-hybridized carbons (Fsp3) is 0.500. The molecule has 1 saturated carbocycles. The van der Waals surface area contributed by atoms with Crippen molar-refractivity contribution in [2.24, 2.45) is 5.73 Å². The van der Waals surface area contributed by atoms with Crippen LogP contribution in [0.3, 0.4) is 0 Å². The summed E-state index contributed by atoms with van der Waals surface area (Å²) in [6, 6.07) is 6.98. The van der Waals surface area contributed by atoms with Gasteiger partial charge in [-0.05, 0) is 49.3 Å². The molecule has 0 radical (unpaired) electrons. The van der Waals surface area contributed by atoms with Crippen molar-refractivity contribution in [3.8, 4) is 5.75 Å². The Morgan fingerprint density at radius 3 is 3.17 bits per heavy atom. The van der Waals surface area contributed by atoms with E-state index in [0.717, 1.165) is 31.6 Å². The van der Waals surface area contributed by atoms with E-state index >= 15 is 0 Å². The first-order chi connectivity index (χ1) is 8.81. The van der Waals surface area contributed by atoms with Crippen LogP contribution < -0.4 is 10.5 Å². The molecule has 1 unspecified atom stereocenters. The molecule has 2 heteroatoms. The summed E-state index contributed by atoms with van der Waals surface area (Å²) in [5.41, 5.74) is 10.3. The molecule has 1 atom stereocenters. The summed E-state index contributed by atoms with van der Waals surface area (Å²) < 4.78 is 5.53. The third-order valence-electron chi connectivity index (χ3n) is 3.98. The topological polar surface area (TPSA) is 35.2 Å². The molecule has 3 rings (SSSR count). The van der Waals surface area contributed by atoms with Crippen LogP contribution in [-0.4, -0.2) is 12.6 Å². The van der Waals surface area contributed by atoms with Crippen LogP contribution in [0.25, 0.3) is 0 Å². The Morgan fingerprint density at radius 1 is 1.33 bits per heavy atom. The van der Waals surface area contributed by atoms with Crippen molar-refractivity contribution in [2.45, 2.75) is 44.6 Å². The molecule has 0 bridgehead atoms. The molecule has 2 nitrogen and oxygen atoms in total. The standard InChI is InChI=1S/C16H21NO/c17-15-3-1-2-12(11-15)4-5-13-6-7-16-14(10-13)8-9-18-16/h4,6-7,10,15H,1-3,5,8-9,11,17H2/b12-4-. The zero-order valence-corrected chi connectivity index (χ0v) is 10.8. The first-order valence-electron chi connectivity index (χ1n) is 6.99. The van der Waals surface area contributed by atoms with Crippen molar-refractivity contribution in [2.75, 3.05) is 6.61 Å². The molecular weight excluding hydrogens is 222 g/mol. The highest BCUT2D eigenvalue weighted by atomic mass is 16.5. The number of hydrogen-bond acceptors (Lipinski definition) is 2. The zero-order chi connectivity index (χ0) is 12.4. The summed E-state index contributed by atoms with van der Waals surface area (Å²) in [5, 5.41) is 0. The lowest BCUT2D eigenvalue weighted by atomic mass is 9.90. The second-order valence-corrected chi connectivity index (χ2v) is 5.46. The number of ether oxygens (including phenoxy) is 1. The maximum atomic E-state index is 6.01. The van der Waals surface area contributed by atoms with Crippen molar-refractivity contribution >= 4 is 0 Å². The molecule has 0 aromatic heterocycles. The van der Waals surface area contributed by atoms with Gasteiger partial charge in [-0.15, -0.1) is 0 Å². The van der Waals surface area contributed by atoms with Gasteiger partial charge in [-0.1, -0.05) is 23.8 Å². The molecular formula is C16H21NO. The van der Waals surface area contributed by atoms with Gasteiger partial charge in [-0.3, -0.25) is 0 Å². The number of allylic oxidation sites excluding steroid dienone is 1. The Labute approximate surface area is 109 Å². The first-order valence-corrected chi connectivity index (χ1v) is 6.99. The Kier molecular flexibility index (Phi) is 3.37. The van der Waals surface area contributed by atoms with Crippen LogP contribution >= 0.6 is 0 Å². The largest absolute Gasteiger partial charge is 0.493 e. The van der Waals surface area contributed by atoms with Crippen LogP contribution in [0.4, 0.5) is 0 Å². The first kappa shape index (κ1) is 11.8. The maximum Gasteiger partial charge on any atom is 0.122 e. The molecule has 1 aliphatic heterocycles. The van der Waals surface area contributed by atoms with Crippen LogP contribution in [0.15, 0.2) is 29.8 Å². The molecule has 0 saturated heterocycles. The Balaban J connectivity index is 1.67. The molecule has 96 valence electrons. The van der Waals surface area contributed by atoms with Gasteiger partial charge in [0.25, 0.3) is 0 Å². The van der Waals surface area contributed by atoms with Gasteiger partial charge in [-0.25, -0.2) is 0 Å². The highest BCUT2D eigenvalue weighted by molar-refractivity contribution is 5.40. The van der Waals surface area contributed by atoms with Gasteiger partial charge in [0, 0.05) is 12.5 Å². The van der Waals surface area contributed by atoms with Gasteiger partial charge in [0.1, 0.15) is 5.75 Å². The minimum absolute atomic E-state index is 0.387. The highest BCUT2D eigenvalue weighted by Gasteiger charge is 2.13. The van der Waals surface area contributed by atoms with Crippen LogP contribution in [-0.2, 0) is 12.8 Å². The summed E-state index contributed by atoms with van der Waals surface area (Å²) in [7, 11) is 0. The van der Waals surface area contributed by atoms with E-state index < -0.39 is 0 Å². The third-order valence-corrected chi connectivity index (χ3v) is 3.98. The van der Waals surface area contributed by atoms with Crippen LogP contribution in [0.1, 0.15) is 36.8 Å². The Morgan fingerprint density at radius 2 is 2.28 bits per heavy atom. The molecule has 1 fully saturated rings. The fourth-order valence-corrected chi connectivity index (χ4v) is 2.95. The van der Waals surface area contributed by atoms with Crippen LogP contribution in [0, 0.1) is 0 Å². The summed E-state index contributed by atoms with van der Waals surface area (Å²) in [4.78, 5) is 0. The molecule has 1 aromatic carbocycles. The summed E-state index contributed by atoms with van der Waals surface area (Å²) >= 11 is 0. The lowest BCUT2D eigenvalue weighted by Crippen LogP contribution is -2.23. The molecule has 2 aliphatic rings. The third kappa shape index (κ3) is 2.59. The Bertz CT molecular complexity index is 464. The van der Waals surface area contributed by atoms with Gasteiger partial charge in [-0.2, -0.15) is 0 Å². The monoisotopic (exact) mass is 243 g/mol. The normalized spacial score (nSPS) is 24.9. The number of benzene rings is 1. The van der Waals surface area contributed by atoms with Gasteiger partial charge < -0.3 is 10.5 Å². The summed E-state index contributed by atoms with van der Waals surface area (Å²) in [6.07, 6.45) is 9.25. The van der Waals surface area contributed by atoms with Crippen LogP contribution in [0.2, 0.25) is 0 Å². The van der Waals surface area contributed by atoms with Crippen molar-refractivity contribution < 1.29 is 4.74 Å². The van der Waals surface area contributed by atoms with Crippen LogP contribution in [0.5, 0.6) is 5.75 Å². The highest BCUT2D eigenvalue weighted by Crippen LogP contribution is 2.27. The van der Waals surface area contributed by atoms with E-state index in [1.54, 1.807) is 5.57 Å². The maximum absolute atomic E-state index is 6.01. The predicted octanol–water partition coefficient (Wildman–Crippen LogP) is 2.99. The van der Waals surface area contributed by atoms with Gasteiger partial charge in [0.15, 0.2) is 0 Å². The SMILES string of the molecule is NC1CCC/C(=C/Cc2ccc3c(c2)CCO3)C1. The van der Waals surface area contributed by atoms with Gasteiger partial charge in [0.2, 0.25) is 0 Å². The van der Waals surface area contributed by atoms with E-state index in [1.165, 1.54) is 30.4 Å². The second-order valence-electron chi connectivity index (χ2n) is 5.46. The smallest absolute Gasteiger partial charge is 0.122 e. The van der Waals surface area contributed by atoms with Crippen molar-refractivity contribution in [3.05, 3.63) is 41.0 Å². The molecule has 2 N–H and O–H groups in total. The molecule has 1 aliphatic carbocycles. The average Bonchev–Trinajstić information content (AvgIpc) is 2.84. The number of hydrogen-bond donors (Lipinski definition) is 1. The molecule has 0 amide bonds. The number of rotatable bonds is 2. The minimum atomic E-state index is 0.387. The van der Waals surface area contributed by atoms with E-state index in [4.69, 9.17) is 10.5 Å². The van der Waals surface area contributed by atoms with Crippen molar-refractivity contribution in [1.82, 2.24) is 0 Å². The van der Waals surface area contributed by atoms with E-state index in [-0.39, 0.29) is 0 Å². The number of fused-ring (bicyclic) bond motifs is 1. The van der Waals surface area contributed by atoms with E-state index in [9.17, 15) is 0 Å². The summed E-state index contributed by atoms with van der Waals surface area (Å²) in [5.74, 6) is 1.08. The van der Waals surface area contributed by atoms with E-state index in [1.807, 2.05) is 0 Å². The van der Waals surface area contributed by atoms with Gasteiger partial charge in [0.05, 0.1) is 6.61 Å². The molecule has 1 heterocycles. The quantitative estimate of drug-likeness (QED) is 0.810. The Hall–Kier alpha value is -1.28. The number of nitrogens with two attached hydrogens (primary N) is 1. The fourth-order valence-electron chi connectivity index (χ4n) is 2.95. The lowest BCUT2D eigenvalue weighted by Gasteiger charge is -2.20. The van der Waals surface area contributed by atoms with Crippen molar-refractivity contribution in [3.63, 3.8) is 0 Å². The zero-order valence-electron chi connectivity index (χ0n) is 10.8. The summed E-state index contributed by atoms with van der Waals surface area (Å²) in [6.45, 7) is 0.842. The van der Waals surface area contributed by atoms with E-state index in [2.05, 4.69) is 24.3 Å².